The average molecular weight is 309 g/mol. The van der Waals surface area contributed by atoms with Crippen LogP contribution in [-0.2, 0) is 0 Å². The third kappa shape index (κ3) is 3.28. The van der Waals surface area contributed by atoms with Crippen LogP contribution in [0.4, 0.5) is 0 Å². The van der Waals surface area contributed by atoms with Gasteiger partial charge in [0.25, 0.3) is 0 Å². The van der Waals surface area contributed by atoms with Crippen LogP contribution in [0.5, 0.6) is 0 Å². The summed E-state index contributed by atoms with van der Waals surface area (Å²) in [5, 5.41) is 4.33. The Morgan fingerprint density at radius 2 is 1.71 bits per heavy atom. The zero-order chi connectivity index (χ0) is 15.5. The molecule has 0 saturated carbocycles. The predicted octanol–water partition coefficient (Wildman–Crippen LogP) is 4.50. The summed E-state index contributed by atoms with van der Waals surface area (Å²) in [6.07, 6.45) is 2.59. The fraction of sp³-hybridized carbons (Fsp3) is 0.667. The van der Waals surface area contributed by atoms with E-state index in [0.717, 1.165) is 18.1 Å². The molecule has 0 aromatic heterocycles. The van der Waals surface area contributed by atoms with Gasteiger partial charge in [0.1, 0.15) is 0 Å². The summed E-state index contributed by atoms with van der Waals surface area (Å²) in [5.74, 6) is 0. The van der Waals surface area contributed by atoms with Crippen LogP contribution in [0.25, 0.3) is 0 Å². The molecule has 2 nitrogen and oxygen atoms in total. The van der Waals surface area contributed by atoms with Gasteiger partial charge in [-0.25, -0.2) is 0 Å². The van der Waals surface area contributed by atoms with Gasteiger partial charge in [-0.1, -0.05) is 37.6 Å². The van der Waals surface area contributed by atoms with Crippen molar-refractivity contribution in [1.29, 1.82) is 0 Å². The van der Waals surface area contributed by atoms with Crippen molar-refractivity contribution < 1.29 is 0 Å². The summed E-state index contributed by atoms with van der Waals surface area (Å²) in [5.41, 5.74) is 1.93. The molecule has 2 aliphatic heterocycles. The Kier molecular flexibility index (Phi) is 5.70. The maximum absolute atomic E-state index is 6.03. The number of rotatable bonds is 2. The molecule has 1 aromatic carbocycles. The third-order valence-electron chi connectivity index (χ3n) is 4.86. The molecule has 3 rings (SSSR count). The SMILES string of the molecule is CC.CC(C)N1CC2(CCNCC2)C1c1ccc(Cl)cc1. The van der Waals surface area contributed by atoms with Gasteiger partial charge in [-0.3, -0.25) is 4.90 Å². The highest BCUT2D eigenvalue weighted by Gasteiger charge is 2.53. The lowest BCUT2D eigenvalue weighted by Gasteiger charge is -2.61. The molecule has 2 fully saturated rings. The Hall–Kier alpha value is -0.570. The second-order valence-corrected chi connectivity index (χ2v) is 6.77. The summed E-state index contributed by atoms with van der Waals surface area (Å²) < 4.78 is 0. The van der Waals surface area contributed by atoms with Crippen LogP contribution < -0.4 is 5.32 Å². The van der Waals surface area contributed by atoms with E-state index in [1.54, 1.807) is 0 Å². The van der Waals surface area contributed by atoms with Gasteiger partial charge < -0.3 is 5.32 Å². The Morgan fingerprint density at radius 3 is 2.24 bits per heavy atom. The number of benzene rings is 1. The topological polar surface area (TPSA) is 15.3 Å². The molecule has 1 aromatic rings. The van der Waals surface area contributed by atoms with E-state index in [4.69, 9.17) is 11.6 Å². The maximum Gasteiger partial charge on any atom is 0.0420 e. The monoisotopic (exact) mass is 308 g/mol. The maximum atomic E-state index is 6.03. The third-order valence-corrected chi connectivity index (χ3v) is 5.11. The first-order valence-corrected chi connectivity index (χ1v) is 8.72. The Bertz CT molecular complexity index is 435. The average Bonchev–Trinajstić information content (AvgIpc) is 2.50. The molecular formula is C18H29ClN2. The van der Waals surface area contributed by atoms with Crippen molar-refractivity contribution in [3.8, 4) is 0 Å². The lowest BCUT2D eigenvalue weighted by Crippen LogP contribution is -2.63. The molecule has 2 aliphatic rings. The smallest absolute Gasteiger partial charge is 0.0420 e. The van der Waals surface area contributed by atoms with E-state index in [1.807, 2.05) is 26.0 Å². The van der Waals surface area contributed by atoms with Crippen molar-refractivity contribution >= 4 is 11.6 Å². The highest BCUT2D eigenvalue weighted by atomic mass is 35.5. The van der Waals surface area contributed by atoms with E-state index < -0.39 is 0 Å². The van der Waals surface area contributed by atoms with E-state index in [9.17, 15) is 0 Å². The van der Waals surface area contributed by atoms with Crippen LogP contribution in [0.15, 0.2) is 24.3 Å². The molecule has 1 N–H and O–H groups in total. The number of piperidine rings is 1. The van der Waals surface area contributed by atoms with Crippen molar-refractivity contribution in [3.63, 3.8) is 0 Å². The minimum Gasteiger partial charge on any atom is -0.317 e. The van der Waals surface area contributed by atoms with Gasteiger partial charge in [0.05, 0.1) is 0 Å². The number of hydrogen-bond acceptors (Lipinski definition) is 2. The molecule has 0 amide bonds. The number of nitrogens with one attached hydrogen (secondary N) is 1. The van der Waals surface area contributed by atoms with E-state index in [0.29, 0.717) is 17.5 Å². The summed E-state index contributed by atoms with van der Waals surface area (Å²) in [7, 11) is 0. The van der Waals surface area contributed by atoms with Gasteiger partial charge in [-0.05, 0) is 57.5 Å². The number of likely N-dealkylation sites (tertiary alicyclic amines) is 1. The summed E-state index contributed by atoms with van der Waals surface area (Å²) in [6.45, 7) is 12.2. The molecule has 1 spiro atoms. The molecule has 3 heteroatoms. The van der Waals surface area contributed by atoms with Gasteiger partial charge in [-0.2, -0.15) is 0 Å². The first-order chi connectivity index (χ1) is 10.1. The number of hydrogen-bond donors (Lipinski definition) is 1. The predicted molar refractivity (Wildman–Crippen MR) is 91.9 cm³/mol. The second kappa shape index (κ2) is 7.13. The largest absolute Gasteiger partial charge is 0.317 e. The summed E-state index contributed by atoms with van der Waals surface area (Å²) in [6, 6.07) is 9.68. The molecule has 21 heavy (non-hydrogen) atoms. The van der Waals surface area contributed by atoms with Gasteiger partial charge in [0.2, 0.25) is 0 Å². The van der Waals surface area contributed by atoms with Crippen LogP contribution in [0, 0.1) is 5.41 Å². The quantitative estimate of drug-likeness (QED) is 0.865. The highest BCUT2D eigenvalue weighted by molar-refractivity contribution is 6.30. The molecule has 2 heterocycles. The Morgan fingerprint density at radius 1 is 1.14 bits per heavy atom. The van der Waals surface area contributed by atoms with Crippen LogP contribution in [0.2, 0.25) is 5.02 Å². The standard InChI is InChI=1S/C16H23ClN2.C2H6/c1-12(2)19-11-16(7-9-18-10-8-16)15(19)13-3-5-14(17)6-4-13;1-2/h3-6,12,15,18H,7-11H2,1-2H3;1-2H3. The van der Waals surface area contributed by atoms with Crippen LogP contribution >= 0.6 is 11.6 Å². The molecule has 0 radical (unpaired) electrons. The zero-order valence-electron chi connectivity index (χ0n) is 13.8. The van der Waals surface area contributed by atoms with Gasteiger partial charge in [-0.15, -0.1) is 0 Å². The molecule has 0 bridgehead atoms. The van der Waals surface area contributed by atoms with Gasteiger partial charge >= 0.3 is 0 Å². The van der Waals surface area contributed by atoms with Crippen molar-refractivity contribution in [2.75, 3.05) is 19.6 Å². The van der Waals surface area contributed by atoms with Crippen molar-refractivity contribution in [2.24, 2.45) is 5.41 Å². The molecule has 1 unspecified atom stereocenters. The molecule has 118 valence electrons. The fourth-order valence-electron chi connectivity index (χ4n) is 3.81. The summed E-state index contributed by atoms with van der Waals surface area (Å²) >= 11 is 6.03. The number of nitrogens with zero attached hydrogens (tertiary/aromatic N) is 1. The zero-order valence-corrected chi connectivity index (χ0v) is 14.6. The van der Waals surface area contributed by atoms with Crippen molar-refractivity contribution in [2.45, 2.75) is 52.6 Å². The highest BCUT2D eigenvalue weighted by Crippen LogP contribution is 2.54. The minimum atomic E-state index is 0.489. The van der Waals surface area contributed by atoms with E-state index in [1.165, 1.54) is 24.9 Å². The molecule has 2 saturated heterocycles. The molecule has 1 atom stereocenters. The summed E-state index contributed by atoms with van der Waals surface area (Å²) in [4.78, 5) is 2.63. The van der Waals surface area contributed by atoms with Crippen molar-refractivity contribution in [3.05, 3.63) is 34.9 Å². The van der Waals surface area contributed by atoms with E-state index >= 15 is 0 Å². The van der Waals surface area contributed by atoms with Crippen LogP contribution in [0.3, 0.4) is 0 Å². The normalized spacial score (nSPS) is 24.4. The number of halogens is 1. The Labute approximate surface area is 134 Å². The first-order valence-electron chi connectivity index (χ1n) is 8.34. The molecule has 0 aliphatic carbocycles. The van der Waals surface area contributed by atoms with Crippen LogP contribution in [-0.4, -0.2) is 30.6 Å². The van der Waals surface area contributed by atoms with Gasteiger partial charge in [0, 0.05) is 29.1 Å². The lowest BCUT2D eigenvalue weighted by molar-refractivity contribution is -0.113. The van der Waals surface area contributed by atoms with Crippen LogP contribution in [0.1, 0.15) is 52.1 Å². The van der Waals surface area contributed by atoms with Crippen molar-refractivity contribution in [1.82, 2.24) is 10.2 Å². The van der Waals surface area contributed by atoms with E-state index in [2.05, 4.69) is 36.2 Å². The fourth-order valence-corrected chi connectivity index (χ4v) is 3.93. The minimum absolute atomic E-state index is 0.489. The first kappa shape index (κ1) is 16.8. The Balaban J connectivity index is 0.000000774. The van der Waals surface area contributed by atoms with Gasteiger partial charge in [0.15, 0.2) is 0 Å². The van der Waals surface area contributed by atoms with E-state index in [-0.39, 0.29) is 0 Å². The lowest BCUT2D eigenvalue weighted by atomic mass is 9.63. The second-order valence-electron chi connectivity index (χ2n) is 6.33. The molecular weight excluding hydrogens is 280 g/mol.